The molecule has 1 aromatic carbocycles. The van der Waals surface area contributed by atoms with Gasteiger partial charge in [0.2, 0.25) is 15.9 Å². The molecule has 0 saturated carbocycles. The van der Waals surface area contributed by atoms with Crippen LogP contribution in [0.25, 0.3) is 0 Å². The van der Waals surface area contributed by atoms with Crippen molar-refractivity contribution >= 4 is 27.5 Å². The second-order valence-corrected chi connectivity index (χ2v) is 9.10. The molecule has 6 nitrogen and oxygen atoms in total. The van der Waals surface area contributed by atoms with Crippen molar-refractivity contribution in [3.05, 3.63) is 23.2 Å². The molecule has 144 valence electrons. The van der Waals surface area contributed by atoms with Gasteiger partial charge in [-0.05, 0) is 50.8 Å². The van der Waals surface area contributed by atoms with Crippen LogP contribution in [0.1, 0.15) is 32.6 Å². The molecule has 26 heavy (non-hydrogen) atoms. The molecule has 0 aromatic heterocycles. The highest BCUT2D eigenvalue weighted by Gasteiger charge is 2.35. The van der Waals surface area contributed by atoms with Gasteiger partial charge in [0.25, 0.3) is 0 Å². The predicted octanol–water partition coefficient (Wildman–Crippen LogP) is 2.76. The number of amides is 1. The molecule has 0 spiro atoms. The number of sulfonamides is 1. The number of carbonyl (C=O) groups is 1. The number of likely N-dealkylation sites (tertiary alicyclic amines) is 1. The van der Waals surface area contributed by atoms with E-state index in [0.29, 0.717) is 25.3 Å². The second-order valence-electron chi connectivity index (χ2n) is 6.76. The molecule has 1 aromatic rings. The van der Waals surface area contributed by atoms with E-state index in [0.717, 1.165) is 32.4 Å². The zero-order valence-electron chi connectivity index (χ0n) is 15.0. The van der Waals surface area contributed by atoms with Crippen molar-refractivity contribution in [2.45, 2.75) is 37.5 Å². The summed E-state index contributed by atoms with van der Waals surface area (Å²) in [7, 11) is -3.68. The van der Waals surface area contributed by atoms with Crippen molar-refractivity contribution in [1.82, 2.24) is 9.21 Å². The quantitative estimate of drug-likeness (QED) is 0.762. The third kappa shape index (κ3) is 4.00. The van der Waals surface area contributed by atoms with E-state index < -0.39 is 10.0 Å². The summed E-state index contributed by atoms with van der Waals surface area (Å²) in [5.41, 5.74) is 0. The van der Waals surface area contributed by atoms with E-state index in [1.54, 1.807) is 6.07 Å². The maximum atomic E-state index is 13.0. The molecule has 2 fully saturated rings. The van der Waals surface area contributed by atoms with Crippen LogP contribution in [0.3, 0.4) is 0 Å². The van der Waals surface area contributed by atoms with Crippen LogP contribution in [0.15, 0.2) is 23.1 Å². The second kappa shape index (κ2) is 8.15. The van der Waals surface area contributed by atoms with Gasteiger partial charge in [0, 0.05) is 26.2 Å². The first-order valence-electron chi connectivity index (χ1n) is 9.14. The van der Waals surface area contributed by atoms with Crippen molar-refractivity contribution in [3.63, 3.8) is 0 Å². The third-order valence-corrected chi connectivity index (χ3v) is 7.15. The smallest absolute Gasteiger partial charge is 0.243 e. The van der Waals surface area contributed by atoms with Gasteiger partial charge >= 0.3 is 0 Å². The third-order valence-electron chi connectivity index (χ3n) is 4.99. The minimum Gasteiger partial charge on any atom is -0.492 e. The topological polar surface area (TPSA) is 66.9 Å². The lowest BCUT2D eigenvalue weighted by Gasteiger charge is -2.33. The molecular weight excluding hydrogens is 376 g/mol. The summed E-state index contributed by atoms with van der Waals surface area (Å²) in [5.74, 6) is 0.302. The Kier molecular flexibility index (Phi) is 6.10. The van der Waals surface area contributed by atoms with E-state index in [1.807, 2.05) is 11.8 Å². The predicted molar refractivity (Wildman–Crippen MR) is 99.9 cm³/mol. The highest BCUT2D eigenvalue weighted by atomic mass is 35.5. The zero-order valence-corrected chi connectivity index (χ0v) is 16.6. The minimum atomic E-state index is -3.68. The molecule has 0 N–H and O–H groups in total. The Bertz CT molecular complexity index is 762. The van der Waals surface area contributed by atoms with Gasteiger partial charge in [-0.25, -0.2) is 8.42 Å². The van der Waals surface area contributed by atoms with Gasteiger partial charge in [-0.3, -0.25) is 4.79 Å². The standard InChI is InChI=1S/C18H25ClN2O4S/c1-2-25-17-8-7-15(12-16(17)19)26(23,24)21-11-5-6-14(13-21)18(22)20-9-3-4-10-20/h7-8,12,14H,2-6,9-11,13H2,1H3. The molecule has 2 aliphatic heterocycles. The Morgan fingerprint density at radius 1 is 1.23 bits per heavy atom. The van der Waals surface area contributed by atoms with Crippen LogP contribution in [0.4, 0.5) is 0 Å². The van der Waals surface area contributed by atoms with E-state index in [-0.39, 0.29) is 28.3 Å². The molecule has 0 bridgehead atoms. The highest BCUT2D eigenvalue weighted by Crippen LogP contribution is 2.31. The van der Waals surface area contributed by atoms with E-state index in [1.165, 1.54) is 16.4 Å². The summed E-state index contributed by atoms with van der Waals surface area (Å²) >= 11 is 6.15. The van der Waals surface area contributed by atoms with Gasteiger partial charge < -0.3 is 9.64 Å². The van der Waals surface area contributed by atoms with Crippen molar-refractivity contribution in [3.8, 4) is 5.75 Å². The number of hydrogen-bond acceptors (Lipinski definition) is 4. The fourth-order valence-corrected chi connectivity index (χ4v) is 5.47. The Balaban J connectivity index is 1.76. The van der Waals surface area contributed by atoms with Gasteiger partial charge in [-0.1, -0.05) is 11.6 Å². The fourth-order valence-electron chi connectivity index (χ4n) is 3.62. The number of carbonyl (C=O) groups excluding carboxylic acids is 1. The number of benzene rings is 1. The highest BCUT2D eigenvalue weighted by molar-refractivity contribution is 7.89. The van der Waals surface area contributed by atoms with Crippen LogP contribution < -0.4 is 4.74 Å². The van der Waals surface area contributed by atoms with Crippen molar-refractivity contribution in [1.29, 1.82) is 0 Å². The van der Waals surface area contributed by atoms with Crippen LogP contribution in [0.2, 0.25) is 5.02 Å². The molecule has 1 atom stereocenters. The first-order valence-corrected chi connectivity index (χ1v) is 11.0. The van der Waals surface area contributed by atoms with Crippen LogP contribution in [0.5, 0.6) is 5.75 Å². The normalized spacial score (nSPS) is 21.8. The van der Waals surface area contributed by atoms with Crippen LogP contribution in [0, 0.1) is 5.92 Å². The molecule has 8 heteroatoms. The summed E-state index contributed by atoms with van der Waals surface area (Å²) in [6.07, 6.45) is 3.50. The van der Waals surface area contributed by atoms with Crippen LogP contribution in [-0.4, -0.2) is 56.3 Å². The number of nitrogens with zero attached hydrogens (tertiary/aromatic N) is 2. The molecule has 3 rings (SSSR count). The number of hydrogen-bond donors (Lipinski definition) is 0. The molecule has 0 radical (unpaired) electrons. The number of halogens is 1. The SMILES string of the molecule is CCOc1ccc(S(=O)(=O)N2CCCC(C(=O)N3CCCC3)C2)cc1Cl. The van der Waals surface area contributed by atoms with Crippen LogP contribution >= 0.6 is 11.6 Å². The summed E-state index contributed by atoms with van der Waals surface area (Å²) in [5, 5.41) is 0.273. The summed E-state index contributed by atoms with van der Waals surface area (Å²) < 4.78 is 32.8. The van der Waals surface area contributed by atoms with Gasteiger partial charge in [-0.2, -0.15) is 4.31 Å². The molecule has 2 heterocycles. The Morgan fingerprint density at radius 3 is 2.62 bits per heavy atom. The number of rotatable bonds is 5. The molecule has 1 unspecified atom stereocenters. The van der Waals surface area contributed by atoms with Crippen LogP contribution in [-0.2, 0) is 14.8 Å². The first-order chi connectivity index (χ1) is 12.4. The van der Waals surface area contributed by atoms with E-state index in [4.69, 9.17) is 16.3 Å². The molecular formula is C18H25ClN2O4S. The summed E-state index contributed by atoms with van der Waals surface area (Å²) in [4.78, 5) is 14.7. The lowest BCUT2D eigenvalue weighted by atomic mass is 9.98. The summed E-state index contributed by atoms with van der Waals surface area (Å²) in [6.45, 7) is 4.54. The molecule has 0 aliphatic carbocycles. The summed E-state index contributed by atoms with van der Waals surface area (Å²) in [6, 6.07) is 4.52. The maximum absolute atomic E-state index is 13.0. The first kappa shape index (κ1) is 19.5. The van der Waals surface area contributed by atoms with Crippen molar-refractivity contribution in [2.75, 3.05) is 32.8 Å². The lowest BCUT2D eigenvalue weighted by molar-refractivity contribution is -0.135. The number of ether oxygens (including phenoxy) is 1. The Labute approximate surface area is 160 Å². The monoisotopic (exact) mass is 400 g/mol. The minimum absolute atomic E-state index is 0.0899. The Morgan fingerprint density at radius 2 is 1.96 bits per heavy atom. The van der Waals surface area contributed by atoms with Gasteiger partial charge in [0.05, 0.1) is 22.4 Å². The van der Waals surface area contributed by atoms with Crippen molar-refractivity contribution < 1.29 is 17.9 Å². The van der Waals surface area contributed by atoms with E-state index in [9.17, 15) is 13.2 Å². The fraction of sp³-hybridized carbons (Fsp3) is 0.611. The average molecular weight is 401 g/mol. The lowest BCUT2D eigenvalue weighted by Crippen LogP contribution is -2.46. The van der Waals surface area contributed by atoms with Gasteiger partial charge in [-0.15, -0.1) is 0 Å². The molecule has 2 aliphatic rings. The number of piperidine rings is 1. The molecule has 1 amide bonds. The average Bonchev–Trinajstić information content (AvgIpc) is 3.17. The van der Waals surface area contributed by atoms with Gasteiger partial charge in [0.1, 0.15) is 5.75 Å². The Hall–Kier alpha value is -1.31. The largest absolute Gasteiger partial charge is 0.492 e. The van der Waals surface area contributed by atoms with E-state index >= 15 is 0 Å². The zero-order chi connectivity index (χ0) is 18.7. The van der Waals surface area contributed by atoms with E-state index in [2.05, 4.69) is 0 Å². The molecule has 2 saturated heterocycles. The van der Waals surface area contributed by atoms with Crippen molar-refractivity contribution in [2.24, 2.45) is 5.92 Å². The van der Waals surface area contributed by atoms with Gasteiger partial charge in [0.15, 0.2) is 0 Å². The maximum Gasteiger partial charge on any atom is 0.243 e.